The van der Waals surface area contributed by atoms with E-state index in [2.05, 4.69) is 17.4 Å². The second-order valence-corrected chi connectivity index (χ2v) is 7.23. The number of benzene rings is 2. The van der Waals surface area contributed by atoms with Gasteiger partial charge in [0, 0.05) is 17.3 Å². The summed E-state index contributed by atoms with van der Waals surface area (Å²) in [4.78, 5) is 12.0. The molecule has 0 bridgehead atoms. The van der Waals surface area contributed by atoms with E-state index in [0.29, 0.717) is 18.2 Å². The lowest BCUT2D eigenvalue weighted by Crippen LogP contribution is -2.32. The zero-order chi connectivity index (χ0) is 17.2. The van der Waals surface area contributed by atoms with E-state index in [1.165, 1.54) is 5.56 Å². The van der Waals surface area contributed by atoms with Gasteiger partial charge in [0.2, 0.25) is 5.91 Å². The molecule has 0 aliphatic heterocycles. The van der Waals surface area contributed by atoms with Crippen LogP contribution in [0.1, 0.15) is 12.5 Å². The maximum absolute atomic E-state index is 12.0. The normalized spacial score (nSPS) is 11.8. The molecular weight excluding hydrogens is 342 g/mol. The highest BCUT2D eigenvalue weighted by Crippen LogP contribution is 2.16. The fraction of sp³-hybridized carbons (Fsp3) is 0.316. The lowest BCUT2D eigenvalue weighted by atomic mass is 10.1. The molecule has 1 unspecified atom stereocenters. The molecule has 24 heavy (non-hydrogen) atoms. The zero-order valence-electron chi connectivity index (χ0n) is 13.7. The van der Waals surface area contributed by atoms with E-state index < -0.39 is 0 Å². The van der Waals surface area contributed by atoms with Crippen LogP contribution in [0.15, 0.2) is 54.6 Å². The quantitative estimate of drug-likeness (QED) is 0.678. The van der Waals surface area contributed by atoms with Crippen molar-refractivity contribution in [3.05, 3.63) is 65.2 Å². The molecule has 0 spiro atoms. The number of nitrogens with one attached hydrogen (secondary N) is 1. The second-order valence-electron chi connectivity index (χ2n) is 5.34. The SMILES string of the molecule is CC(SCCOc1ccc(Cl)cc1)C(=O)NCCc1ccccc1. The first-order valence-electron chi connectivity index (χ1n) is 7.97. The lowest BCUT2D eigenvalue weighted by Gasteiger charge is -2.12. The number of carbonyl (C=O) groups is 1. The van der Waals surface area contributed by atoms with Crippen LogP contribution in [-0.4, -0.2) is 30.1 Å². The molecule has 3 nitrogen and oxygen atoms in total. The monoisotopic (exact) mass is 363 g/mol. The minimum Gasteiger partial charge on any atom is -0.493 e. The Labute approximate surface area is 152 Å². The molecule has 0 aliphatic carbocycles. The molecule has 1 amide bonds. The average Bonchev–Trinajstić information content (AvgIpc) is 2.61. The number of hydrogen-bond acceptors (Lipinski definition) is 3. The summed E-state index contributed by atoms with van der Waals surface area (Å²) < 4.78 is 5.62. The van der Waals surface area contributed by atoms with Crippen molar-refractivity contribution in [3.8, 4) is 5.75 Å². The molecular formula is C19H22ClNO2S. The average molecular weight is 364 g/mol. The molecule has 128 valence electrons. The summed E-state index contributed by atoms with van der Waals surface area (Å²) in [5, 5.41) is 3.58. The van der Waals surface area contributed by atoms with Gasteiger partial charge in [0.15, 0.2) is 0 Å². The van der Waals surface area contributed by atoms with Crippen molar-refractivity contribution in [2.24, 2.45) is 0 Å². The van der Waals surface area contributed by atoms with Crippen molar-refractivity contribution in [2.45, 2.75) is 18.6 Å². The van der Waals surface area contributed by atoms with E-state index >= 15 is 0 Å². The molecule has 0 fully saturated rings. The van der Waals surface area contributed by atoms with E-state index in [1.807, 2.05) is 37.3 Å². The number of rotatable bonds is 9. The van der Waals surface area contributed by atoms with Crippen LogP contribution in [-0.2, 0) is 11.2 Å². The van der Waals surface area contributed by atoms with Gasteiger partial charge in [0.05, 0.1) is 11.9 Å². The van der Waals surface area contributed by atoms with E-state index in [-0.39, 0.29) is 11.2 Å². The summed E-state index contributed by atoms with van der Waals surface area (Å²) in [6, 6.07) is 17.4. The smallest absolute Gasteiger partial charge is 0.232 e. The summed E-state index contributed by atoms with van der Waals surface area (Å²) in [7, 11) is 0. The predicted octanol–water partition coefficient (Wildman–Crippen LogP) is 4.20. The van der Waals surface area contributed by atoms with E-state index in [9.17, 15) is 4.79 Å². The second kappa shape index (κ2) is 10.3. The maximum atomic E-state index is 12.0. The molecule has 2 aromatic carbocycles. The van der Waals surface area contributed by atoms with Crippen LogP contribution >= 0.6 is 23.4 Å². The minimum absolute atomic E-state index is 0.0717. The van der Waals surface area contributed by atoms with Gasteiger partial charge in [-0.1, -0.05) is 41.9 Å². The molecule has 0 aromatic heterocycles. The van der Waals surface area contributed by atoms with Crippen LogP contribution < -0.4 is 10.1 Å². The van der Waals surface area contributed by atoms with Gasteiger partial charge in [0.1, 0.15) is 5.75 Å². The van der Waals surface area contributed by atoms with Gasteiger partial charge >= 0.3 is 0 Å². The lowest BCUT2D eigenvalue weighted by molar-refractivity contribution is -0.120. The molecule has 1 atom stereocenters. The van der Waals surface area contributed by atoms with Crippen LogP contribution in [0, 0.1) is 0 Å². The number of carbonyl (C=O) groups excluding carboxylic acids is 1. The maximum Gasteiger partial charge on any atom is 0.232 e. The van der Waals surface area contributed by atoms with Gasteiger partial charge in [-0.05, 0) is 43.2 Å². The first-order valence-corrected chi connectivity index (χ1v) is 9.39. The first-order chi connectivity index (χ1) is 11.6. The predicted molar refractivity (Wildman–Crippen MR) is 102 cm³/mol. The van der Waals surface area contributed by atoms with Gasteiger partial charge in [-0.2, -0.15) is 0 Å². The topological polar surface area (TPSA) is 38.3 Å². The molecule has 2 rings (SSSR count). The van der Waals surface area contributed by atoms with Gasteiger partial charge < -0.3 is 10.1 Å². The summed E-state index contributed by atoms with van der Waals surface area (Å²) in [5.41, 5.74) is 1.23. The molecule has 0 saturated carbocycles. The van der Waals surface area contributed by atoms with Crippen LogP contribution in [0.2, 0.25) is 5.02 Å². The van der Waals surface area contributed by atoms with Crippen LogP contribution in [0.4, 0.5) is 0 Å². The molecule has 0 aliphatic rings. The highest BCUT2D eigenvalue weighted by atomic mass is 35.5. The fourth-order valence-electron chi connectivity index (χ4n) is 2.11. The Morgan fingerprint density at radius 1 is 1.17 bits per heavy atom. The van der Waals surface area contributed by atoms with Gasteiger partial charge in [-0.25, -0.2) is 0 Å². The van der Waals surface area contributed by atoms with Crippen molar-refractivity contribution < 1.29 is 9.53 Å². The molecule has 2 aromatic rings. The fourth-order valence-corrected chi connectivity index (χ4v) is 3.00. The van der Waals surface area contributed by atoms with Crippen molar-refractivity contribution in [1.82, 2.24) is 5.32 Å². The Morgan fingerprint density at radius 3 is 2.58 bits per heavy atom. The Bertz CT molecular complexity index is 619. The van der Waals surface area contributed by atoms with Gasteiger partial charge in [-0.3, -0.25) is 4.79 Å². The molecule has 0 heterocycles. The van der Waals surface area contributed by atoms with E-state index in [1.54, 1.807) is 23.9 Å². The molecule has 0 saturated heterocycles. The number of halogens is 1. The summed E-state index contributed by atoms with van der Waals surface area (Å²) in [6.45, 7) is 3.15. The largest absolute Gasteiger partial charge is 0.493 e. The van der Waals surface area contributed by atoms with Gasteiger partial charge in [-0.15, -0.1) is 11.8 Å². The molecule has 0 radical (unpaired) electrons. The Balaban J connectivity index is 1.58. The first kappa shape index (κ1) is 18.7. The van der Waals surface area contributed by atoms with E-state index in [0.717, 1.165) is 17.9 Å². The number of ether oxygens (including phenoxy) is 1. The standard InChI is InChI=1S/C19H22ClNO2S/c1-15(19(22)21-12-11-16-5-3-2-4-6-16)24-14-13-23-18-9-7-17(20)8-10-18/h2-10,15H,11-14H2,1H3,(H,21,22). The van der Waals surface area contributed by atoms with Crippen LogP contribution in [0.3, 0.4) is 0 Å². The summed E-state index contributed by atoms with van der Waals surface area (Å²) >= 11 is 7.42. The Morgan fingerprint density at radius 2 is 1.88 bits per heavy atom. The number of amides is 1. The molecule has 1 N–H and O–H groups in total. The van der Waals surface area contributed by atoms with Crippen LogP contribution in [0.5, 0.6) is 5.75 Å². The Kier molecular flexibility index (Phi) is 7.99. The number of thioether (sulfide) groups is 1. The summed E-state index contributed by atoms with van der Waals surface area (Å²) in [6.07, 6.45) is 0.851. The van der Waals surface area contributed by atoms with Gasteiger partial charge in [0.25, 0.3) is 0 Å². The molecule has 5 heteroatoms. The Hall–Kier alpha value is -1.65. The van der Waals surface area contributed by atoms with Crippen molar-refractivity contribution in [1.29, 1.82) is 0 Å². The number of hydrogen-bond donors (Lipinski definition) is 1. The zero-order valence-corrected chi connectivity index (χ0v) is 15.3. The third-order valence-electron chi connectivity index (χ3n) is 3.46. The minimum atomic E-state index is -0.0883. The van der Waals surface area contributed by atoms with Crippen LogP contribution in [0.25, 0.3) is 0 Å². The highest BCUT2D eigenvalue weighted by molar-refractivity contribution is 8.00. The summed E-state index contributed by atoms with van der Waals surface area (Å²) in [5.74, 6) is 1.62. The van der Waals surface area contributed by atoms with E-state index in [4.69, 9.17) is 16.3 Å². The van der Waals surface area contributed by atoms with Crippen molar-refractivity contribution in [2.75, 3.05) is 18.9 Å². The third-order valence-corrected chi connectivity index (χ3v) is 4.83. The third kappa shape index (κ3) is 6.85. The highest BCUT2D eigenvalue weighted by Gasteiger charge is 2.12. The van der Waals surface area contributed by atoms with Crippen molar-refractivity contribution in [3.63, 3.8) is 0 Å². The van der Waals surface area contributed by atoms with Crippen molar-refractivity contribution >= 4 is 29.3 Å².